The minimum absolute atomic E-state index is 0.200. The lowest BCUT2D eigenvalue weighted by Crippen LogP contribution is -2.24. The molecule has 9 heteroatoms. The Kier molecular flexibility index (Phi) is 10.4. The van der Waals surface area contributed by atoms with Crippen molar-refractivity contribution in [2.75, 3.05) is 26.6 Å². The van der Waals surface area contributed by atoms with Gasteiger partial charge in [-0.15, -0.1) is 0 Å². The van der Waals surface area contributed by atoms with Crippen molar-refractivity contribution in [3.05, 3.63) is 109 Å². The number of para-hydroxylation sites is 1. The van der Waals surface area contributed by atoms with Gasteiger partial charge in [0.05, 0.1) is 37.8 Å². The number of thioether (sulfide) groups is 1. The van der Waals surface area contributed by atoms with Crippen LogP contribution in [0.2, 0.25) is 0 Å². The molecule has 232 valence electrons. The second-order valence-electron chi connectivity index (χ2n) is 10.1. The minimum Gasteiger partial charge on any atom is -0.493 e. The fourth-order valence-electron chi connectivity index (χ4n) is 4.85. The molecule has 4 aromatic carbocycles. The molecule has 0 saturated carbocycles. The summed E-state index contributed by atoms with van der Waals surface area (Å²) in [5.41, 5.74) is 3.82. The molecule has 1 amide bonds. The lowest BCUT2D eigenvalue weighted by atomic mass is 9.98. The number of nitrogens with zero attached hydrogens (tertiary/aromatic N) is 2. The van der Waals surface area contributed by atoms with E-state index in [1.807, 2.05) is 73.7 Å². The van der Waals surface area contributed by atoms with Crippen molar-refractivity contribution in [2.24, 2.45) is 0 Å². The Morgan fingerprint density at radius 2 is 1.43 bits per heavy atom. The fraction of sp³-hybridized carbons (Fsp3) is 0.162. The van der Waals surface area contributed by atoms with E-state index in [2.05, 4.69) is 11.4 Å². The third-order valence-corrected chi connectivity index (χ3v) is 8.51. The molecule has 8 nitrogen and oxygen atoms in total. The van der Waals surface area contributed by atoms with Gasteiger partial charge < -0.3 is 24.3 Å². The van der Waals surface area contributed by atoms with Crippen molar-refractivity contribution in [3.8, 4) is 57.2 Å². The van der Waals surface area contributed by atoms with Crippen molar-refractivity contribution in [1.29, 1.82) is 5.26 Å². The lowest BCUT2D eigenvalue weighted by Gasteiger charge is -2.19. The van der Waals surface area contributed by atoms with Crippen molar-refractivity contribution in [3.63, 3.8) is 0 Å². The molecule has 0 aliphatic carbocycles. The van der Waals surface area contributed by atoms with Gasteiger partial charge in [0, 0.05) is 16.8 Å². The molecule has 5 rings (SSSR count). The Morgan fingerprint density at radius 1 is 0.826 bits per heavy atom. The van der Waals surface area contributed by atoms with Gasteiger partial charge in [-0.3, -0.25) is 4.79 Å². The van der Waals surface area contributed by atoms with Crippen LogP contribution in [0.5, 0.6) is 28.7 Å². The molecule has 0 fully saturated rings. The minimum atomic E-state index is -0.529. The molecule has 0 bridgehead atoms. The Morgan fingerprint density at radius 3 is 2.00 bits per heavy atom. The van der Waals surface area contributed by atoms with E-state index in [4.69, 9.17) is 23.9 Å². The summed E-state index contributed by atoms with van der Waals surface area (Å²) in [7, 11) is 4.63. The number of nitriles is 1. The average Bonchev–Trinajstić information content (AvgIpc) is 3.11. The summed E-state index contributed by atoms with van der Waals surface area (Å²) in [6.45, 7) is 1.93. The zero-order chi connectivity index (χ0) is 32.5. The van der Waals surface area contributed by atoms with E-state index in [0.29, 0.717) is 62.5 Å². The number of rotatable bonds is 12. The van der Waals surface area contributed by atoms with Crippen LogP contribution >= 0.6 is 11.8 Å². The van der Waals surface area contributed by atoms with E-state index in [1.54, 1.807) is 50.6 Å². The van der Waals surface area contributed by atoms with E-state index in [1.165, 1.54) is 18.9 Å². The Hall–Kier alpha value is -5.46. The monoisotopic (exact) mass is 631 g/mol. The average molecular weight is 632 g/mol. The number of benzene rings is 4. The molecule has 0 spiro atoms. The van der Waals surface area contributed by atoms with Crippen molar-refractivity contribution in [2.45, 2.75) is 23.6 Å². The van der Waals surface area contributed by atoms with Gasteiger partial charge in [0.25, 0.3) is 0 Å². The van der Waals surface area contributed by atoms with Crippen molar-refractivity contribution >= 4 is 23.4 Å². The van der Waals surface area contributed by atoms with Gasteiger partial charge in [0.2, 0.25) is 11.7 Å². The Labute approximate surface area is 272 Å². The van der Waals surface area contributed by atoms with Gasteiger partial charge in [0.1, 0.15) is 22.6 Å². The van der Waals surface area contributed by atoms with Gasteiger partial charge in [-0.2, -0.15) is 5.26 Å². The topological polar surface area (TPSA) is 103 Å². The second kappa shape index (κ2) is 15.0. The molecule has 1 heterocycles. The van der Waals surface area contributed by atoms with Crippen LogP contribution in [0.3, 0.4) is 0 Å². The molecule has 1 aromatic heterocycles. The molecular formula is C37H33N3O5S. The third-order valence-electron chi connectivity index (χ3n) is 7.16. The fourth-order valence-corrected chi connectivity index (χ4v) is 5.87. The quantitative estimate of drug-likeness (QED) is 0.137. The van der Waals surface area contributed by atoms with Gasteiger partial charge >= 0.3 is 0 Å². The van der Waals surface area contributed by atoms with Crippen LogP contribution in [0.1, 0.15) is 18.9 Å². The smallest absolute Gasteiger partial charge is 0.237 e. The van der Waals surface area contributed by atoms with Crippen LogP contribution in [0, 0.1) is 11.3 Å². The molecule has 46 heavy (non-hydrogen) atoms. The van der Waals surface area contributed by atoms with Gasteiger partial charge in [-0.25, -0.2) is 4.98 Å². The standard InChI is InChI=1S/C37H33N3O5S/c1-5-34(36(41)39-26-16-18-28(19-17-26)45-27-14-10-7-11-15-27)46-37-30(23-38)29(22-31(40-37)24-12-8-6-9-13-24)25-20-32(42-2)35(44-4)33(21-25)43-3/h6-22,34H,5H2,1-4H3,(H,39,41). The molecule has 0 aliphatic heterocycles. The molecular weight excluding hydrogens is 598 g/mol. The molecule has 0 radical (unpaired) electrons. The van der Waals surface area contributed by atoms with Gasteiger partial charge in [-0.05, 0) is 66.6 Å². The number of amides is 1. The van der Waals surface area contributed by atoms with E-state index >= 15 is 0 Å². The highest BCUT2D eigenvalue weighted by Crippen LogP contribution is 2.44. The first-order chi connectivity index (χ1) is 22.5. The number of hydrogen-bond donors (Lipinski definition) is 1. The summed E-state index contributed by atoms with van der Waals surface area (Å²) >= 11 is 1.26. The van der Waals surface area contributed by atoms with E-state index in [0.717, 1.165) is 11.3 Å². The number of carbonyl (C=O) groups is 1. The number of anilines is 1. The summed E-state index contributed by atoms with van der Waals surface area (Å²) in [6.07, 6.45) is 0.507. The highest BCUT2D eigenvalue weighted by Gasteiger charge is 2.25. The molecule has 0 saturated heterocycles. The molecule has 0 aliphatic rings. The first-order valence-electron chi connectivity index (χ1n) is 14.6. The lowest BCUT2D eigenvalue weighted by molar-refractivity contribution is -0.115. The number of carbonyl (C=O) groups excluding carboxylic acids is 1. The number of methoxy groups -OCH3 is 3. The predicted molar refractivity (Wildman–Crippen MR) is 181 cm³/mol. The number of hydrogen-bond acceptors (Lipinski definition) is 8. The van der Waals surface area contributed by atoms with Crippen LogP contribution in [0.15, 0.2) is 108 Å². The first-order valence-corrected chi connectivity index (χ1v) is 15.5. The van der Waals surface area contributed by atoms with E-state index in [9.17, 15) is 10.1 Å². The van der Waals surface area contributed by atoms with Crippen LogP contribution in [-0.2, 0) is 4.79 Å². The number of nitrogens with one attached hydrogen (secondary N) is 1. The highest BCUT2D eigenvalue weighted by atomic mass is 32.2. The SMILES string of the molecule is CCC(Sc1nc(-c2ccccc2)cc(-c2cc(OC)c(OC)c(OC)c2)c1C#N)C(=O)Nc1ccc(Oc2ccccc2)cc1. The molecule has 1 atom stereocenters. The van der Waals surface area contributed by atoms with Gasteiger partial charge in [0.15, 0.2) is 11.5 Å². The Balaban J connectivity index is 1.48. The van der Waals surface area contributed by atoms with Gasteiger partial charge in [-0.1, -0.05) is 67.2 Å². The maximum Gasteiger partial charge on any atom is 0.237 e. The highest BCUT2D eigenvalue weighted by molar-refractivity contribution is 8.00. The second-order valence-corrected chi connectivity index (χ2v) is 11.3. The van der Waals surface area contributed by atoms with Crippen LogP contribution < -0.4 is 24.3 Å². The predicted octanol–water partition coefficient (Wildman–Crippen LogP) is 8.61. The Bertz CT molecular complexity index is 1820. The summed E-state index contributed by atoms with van der Waals surface area (Å²) < 4.78 is 22.6. The normalized spacial score (nSPS) is 11.2. The zero-order valence-corrected chi connectivity index (χ0v) is 26.8. The summed E-state index contributed by atoms with van der Waals surface area (Å²) in [4.78, 5) is 18.5. The number of aromatic nitrogens is 1. The van der Waals surface area contributed by atoms with Crippen molar-refractivity contribution in [1.82, 2.24) is 4.98 Å². The summed E-state index contributed by atoms with van der Waals surface area (Å²) in [5, 5.41) is 13.4. The number of ether oxygens (including phenoxy) is 4. The zero-order valence-electron chi connectivity index (χ0n) is 25.9. The largest absolute Gasteiger partial charge is 0.493 e. The molecule has 1 unspecified atom stereocenters. The summed E-state index contributed by atoms with van der Waals surface area (Å²) in [6, 6.07) is 34.2. The number of pyridine rings is 1. The first kappa shape index (κ1) is 31.9. The van der Waals surface area contributed by atoms with Crippen LogP contribution in [0.25, 0.3) is 22.4 Å². The molecule has 5 aromatic rings. The van der Waals surface area contributed by atoms with Crippen LogP contribution in [-0.4, -0.2) is 37.5 Å². The maximum atomic E-state index is 13.6. The van der Waals surface area contributed by atoms with Crippen molar-refractivity contribution < 1.29 is 23.7 Å². The maximum absolute atomic E-state index is 13.6. The van der Waals surface area contributed by atoms with Crippen LogP contribution in [0.4, 0.5) is 5.69 Å². The van der Waals surface area contributed by atoms with E-state index in [-0.39, 0.29) is 5.91 Å². The molecule has 1 N–H and O–H groups in total. The summed E-state index contributed by atoms with van der Waals surface area (Å²) in [5.74, 6) is 2.55. The van der Waals surface area contributed by atoms with E-state index < -0.39 is 5.25 Å². The third kappa shape index (κ3) is 7.25.